The first-order chi connectivity index (χ1) is 9.58. The van der Waals surface area contributed by atoms with Gasteiger partial charge < -0.3 is 5.73 Å². The van der Waals surface area contributed by atoms with Crippen molar-refractivity contribution in [2.75, 3.05) is 12.8 Å². The van der Waals surface area contributed by atoms with Gasteiger partial charge in [0, 0.05) is 29.6 Å². The fraction of sp³-hybridized carbons (Fsp3) is 0.0769. The Morgan fingerprint density at radius 1 is 1.35 bits per heavy atom. The maximum absolute atomic E-state index is 13.0. The van der Waals surface area contributed by atoms with E-state index >= 15 is 0 Å². The summed E-state index contributed by atoms with van der Waals surface area (Å²) in [4.78, 5) is 23.9. The molecule has 20 heavy (non-hydrogen) atoms. The number of anilines is 1. The predicted molar refractivity (Wildman–Crippen MR) is 72.5 cm³/mol. The van der Waals surface area contributed by atoms with Gasteiger partial charge in [-0.2, -0.15) is 5.12 Å². The monoisotopic (exact) mass is 271 g/mol. The molecule has 0 atom stereocenters. The van der Waals surface area contributed by atoms with Crippen LogP contribution in [0.25, 0.3) is 21.8 Å². The van der Waals surface area contributed by atoms with Crippen molar-refractivity contribution in [3.8, 4) is 0 Å². The molecule has 0 unspecified atom stereocenters. The van der Waals surface area contributed by atoms with E-state index in [0.29, 0.717) is 21.8 Å². The summed E-state index contributed by atoms with van der Waals surface area (Å²) in [6.07, 6.45) is 2.96. The summed E-state index contributed by atoms with van der Waals surface area (Å²) >= 11 is 0. The number of pyridine rings is 1. The molecule has 100 valence electrons. The van der Waals surface area contributed by atoms with Gasteiger partial charge in [-0.25, -0.2) is 15.0 Å². The number of benzene rings is 1. The fourth-order valence-electron chi connectivity index (χ4n) is 2.07. The van der Waals surface area contributed by atoms with Crippen molar-refractivity contribution < 1.29 is 9.28 Å². The molecule has 1 amide bonds. The molecule has 3 rings (SSSR count). The van der Waals surface area contributed by atoms with Gasteiger partial charge in [0.2, 0.25) is 0 Å². The molecule has 2 aromatic heterocycles. The topological polar surface area (TPSA) is 85.0 Å². The number of carbonyl (C=O) groups excluding carboxylic acids is 1. The quantitative estimate of drug-likeness (QED) is 0.538. The molecular formula is C13H10FN5O. The second-order valence-corrected chi connectivity index (χ2v) is 4.30. The number of amides is 1. The summed E-state index contributed by atoms with van der Waals surface area (Å²) in [5, 5.41) is 1.36. The maximum Gasteiger partial charge on any atom is 0.281 e. The molecule has 0 fully saturated rings. The number of nitrogens with two attached hydrogens (primary N) is 1. The maximum atomic E-state index is 13.0. The largest absolute Gasteiger partial charge is 0.382 e. The molecule has 1 aromatic carbocycles. The van der Waals surface area contributed by atoms with E-state index in [0.717, 1.165) is 7.05 Å². The lowest BCUT2D eigenvalue weighted by Gasteiger charge is -2.08. The molecule has 0 saturated carbocycles. The summed E-state index contributed by atoms with van der Waals surface area (Å²) in [6.45, 7) is 0. The number of hydrogen-bond acceptors (Lipinski definition) is 5. The Morgan fingerprint density at radius 3 is 2.90 bits per heavy atom. The van der Waals surface area contributed by atoms with E-state index in [4.69, 9.17) is 5.73 Å². The first kappa shape index (κ1) is 12.2. The highest BCUT2D eigenvalue weighted by atomic mass is 19.2. The van der Waals surface area contributed by atoms with Crippen molar-refractivity contribution in [2.45, 2.75) is 0 Å². The Balaban J connectivity index is 2.35. The zero-order valence-electron chi connectivity index (χ0n) is 10.5. The van der Waals surface area contributed by atoms with E-state index in [2.05, 4.69) is 15.0 Å². The number of rotatable bonds is 1. The summed E-state index contributed by atoms with van der Waals surface area (Å²) in [7, 11) is 1.05. The summed E-state index contributed by atoms with van der Waals surface area (Å²) in [5.74, 6) is -0.440. The average molecular weight is 271 g/mol. The van der Waals surface area contributed by atoms with Crippen LogP contribution in [0.2, 0.25) is 0 Å². The SMILES string of the molecule is CN(F)C(=O)c1ccc2nc(N)c3ncncc3c2c1. The minimum Gasteiger partial charge on any atom is -0.382 e. The highest BCUT2D eigenvalue weighted by Crippen LogP contribution is 2.26. The van der Waals surface area contributed by atoms with Crippen LogP contribution in [-0.2, 0) is 0 Å². The zero-order chi connectivity index (χ0) is 14.3. The van der Waals surface area contributed by atoms with Crippen LogP contribution in [0.4, 0.5) is 10.3 Å². The lowest BCUT2D eigenvalue weighted by Crippen LogP contribution is -2.17. The second-order valence-electron chi connectivity index (χ2n) is 4.30. The molecule has 2 heterocycles. The molecule has 0 saturated heterocycles. The molecule has 0 spiro atoms. The number of hydrogen-bond donors (Lipinski definition) is 1. The van der Waals surface area contributed by atoms with Crippen LogP contribution in [0.1, 0.15) is 10.4 Å². The van der Waals surface area contributed by atoms with Crippen LogP contribution in [0, 0.1) is 0 Å². The molecular weight excluding hydrogens is 261 g/mol. The third-order valence-corrected chi connectivity index (χ3v) is 3.01. The van der Waals surface area contributed by atoms with E-state index in [1.54, 1.807) is 18.3 Å². The lowest BCUT2D eigenvalue weighted by atomic mass is 10.1. The smallest absolute Gasteiger partial charge is 0.281 e. The highest BCUT2D eigenvalue weighted by molar-refractivity contribution is 6.09. The van der Waals surface area contributed by atoms with Gasteiger partial charge in [0.05, 0.1) is 5.52 Å². The zero-order valence-corrected chi connectivity index (χ0v) is 10.5. The van der Waals surface area contributed by atoms with Crippen molar-refractivity contribution in [3.63, 3.8) is 0 Å². The first-order valence-corrected chi connectivity index (χ1v) is 5.80. The van der Waals surface area contributed by atoms with E-state index < -0.39 is 5.91 Å². The number of carbonyl (C=O) groups is 1. The number of halogens is 1. The molecule has 0 bridgehead atoms. The third-order valence-electron chi connectivity index (χ3n) is 3.01. The second kappa shape index (κ2) is 4.37. The van der Waals surface area contributed by atoms with Gasteiger partial charge in [0.25, 0.3) is 5.91 Å². The number of fused-ring (bicyclic) bond motifs is 3. The summed E-state index contributed by atoms with van der Waals surface area (Å²) in [6, 6.07) is 4.68. The summed E-state index contributed by atoms with van der Waals surface area (Å²) in [5.41, 5.74) is 7.16. The van der Waals surface area contributed by atoms with Gasteiger partial charge in [-0.3, -0.25) is 4.79 Å². The predicted octanol–water partition coefficient (Wildman–Crippen LogP) is 1.72. The van der Waals surface area contributed by atoms with Gasteiger partial charge in [-0.1, -0.05) is 4.48 Å². The Hall–Kier alpha value is -2.83. The van der Waals surface area contributed by atoms with E-state index in [1.165, 1.54) is 12.4 Å². The molecule has 0 aliphatic heterocycles. The number of nitrogen functional groups attached to an aromatic ring is 1. The van der Waals surface area contributed by atoms with E-state index in [1.807, 2.05) is 0 Å². The van der Waals surface area contributed by atoms with Crippen molar-refractivity contribution >= 4 is 33.5 Å². The standard InChI is InChI=1S/C13H10FN5O/c1-19(14)13(20)7-2-3-10-8(4-7)9-5-16-6-17-11(9)12(15)18-10/h2-6H,1H3,(H2,15,18). The van der Waals surface area contributed by atoms with Gasteiger partial charge in [-0.05, 0) is 18.2 Å². The summed E-state index contributed by atoms with van der Waals surface area (Å²) < 4.78 is 13.0. The van der Waals surface area contributed by atoms with Crippen LogP contribution < -0.4 is 5.73 Å². The van der Waals surface area contributed by atoms with Crippen LogP contribution in [-0.4, -0.2) is 33.0 Å². The van der Waals surface area contributed by atoms with Crippen LogP contribution in [0.15, 0.2) is 30.7 Å². The lowest BCUT2D eigenvalue weighted by molar-refractivity contribution is 0.0343. The molecule has 2 N–H and O–H groups in total. The average Bonchev–Trinajstić information content (AvgIpc) is 2.46. The molecule has 3 aromatic rings. The number of nitrogens with zero attached hydrogens (tertiary/aromatic N) is 4. The molecule has 6 nitrogen and oxygen atoms in total. The normalized spacial score (nSPS) is 10.9. The van der Waals surface area contributed by atoms with Crippen molar-refractivity contribution in [3.05, 3.63) is 36.3 Å². The van der Waals surface area contributed by atoms with Gasteiger partial charge in [0.15, 0.2) is 5.82 Å². The van der Waals surface area contributed by atoms with Crippen molar-refractivity contribution in [1.82, 2.24) is 20.1 Å². The number of aromatic nitrogens is 3. The van der Waals surface area contributed by atoms with Crippen molar-refractivity contribution in [2.24, 2.45) is 0 Å². The molecule has 0 aliphatic rings. The van der Waals surface area contributed by atoms with E-state index in [-0.39, 0.29) is 16.5 Å². The minimum absolute atomic E-state index is 0.0323. The molecule has 0 radical (unpaired) electrons. The molecule has 0 aliphatic carbocycles. The van der Waals surface area contributed by atoms with E-state index in [9.17, 15) is 9.28 Å². The Morgan fingerprint density at radius 2 is 2.15 bits per heavy atom. The highest BCUT2D eigenvalue weighted by Gasteiger charge is 2.14. The van der Waals surface area contributed by atoms with Crippen LogP contribution in [0.3, 0.4) is 0 Å². The van der Waals surface area contributed by atoms with Gasteiger partial charge in [0.1, 0.15) is 11.8 Å². The third kappa shape index (κ3) is 1.80. The Labute approximate surface area is 113 Å². The Kier molecular flexibility index (Phi) is 2.67. The molecule has 7 heteroatoms. The van der Waals surface area contributed by atoms with Gasteiger partial charge >= 0.3 is 0 Å². The first-order valence-electron chi connectivity index (χ1n) is 5.80. The van der Waals surface area contributed by atoms with Crippen molar-refractivity contribution in [1.29, 1.82) is 0 Å². The Bertz CT molecular complexity index is 833. The van der Waals surface area contributed by atoms with Crippen LogP contribution in [0.5, 0.6) is 0 Å². The van der Waals surface area contributed by atoms with Crippen LogP contribution >= 0.6 is 0 Å². The minimum atomic E-state index is -0.728. The van der Waals surface area contributed by atoms with Gasteiger partial charge in [-0.15, -0.1) is 0 Å². The fourth-order valence-corrected chi connectivity index (χ4v) is 2.07.